The van der Waals surface area contributed by atoms with Crippen LogP contribution in [0.2, 0.25) is 5.15 Å². The molecule has 0 aromatic carbocycles. The van der Waals surface area contributed by atoms with Crippen molar-refractivity contribution in [1.29, 1.82) is 0 Å². The van der Waals surface area contributed by atoms with Crippen LogP contribution in [0.25, 0.3) is 0 Å². The lowest BCUT2D eigenvalue weighted by atomic mass is 10.0. The number of nitrogens with zero attached hydrogens (tertiary/aromatic N) is 2. The second kappa shape index (κ2) is 6.00. The molecular formula is C10H17ClN4O2. The van der Waals surface area contributed by atoms with Crippen molar-refractivity contribution in [1.82, 2.24) is 9.97 Å². The minimum atomic E-state index is -0.903. The molecule has 7 heteroatoms. The van der Waals surface area contributed by atoms with Gasteiger partial charge in [0.1, 0.15) is 12.0 Å². The Morgan fingerprint density at radius 3 is 2.94 bits per heavy atom. The second-order valence-electron chi connectivity index (χ2n) is 4.02. The highest BCUT2D eigenvalue weighted by Crippen LogP contribution is 2.22. The molecule has 1 atom stereocenters. The highest BCUT2D eigenvalue weighted by atomic mass is 35.5. The van der Waals surface area contributed by atoms with E-state index in [4.69, 9.17) is 22.1 Å². The molecule has 0 saturated carbocycles. The van der Waals surface area contributed by atoms with E-state index in [9.17, 15) is 5.11 Å². The fraction of sp³-hybridized carbons (Fsp3) is 0.600. The third-order valence-corrected chi connectivity index (χ3v) is 2.62. The van der Waals surface area contributed by atoms with Crippen LogP contribution in [0.5, 0.6) is 0 Å². The van der Waals surface area contributed by atoms with Crippen LogP contribution in [0, 0.1) is 0 Å². The molecule has 0 saturated heterocycles. The average molecular weight is 261 g/mol. The Hall–Kier alpha value is -1.11. The van der Waals surface area contributed by atoms with Gasteiger partial charge in [0.05, 0.1) is 5.60 Å². The van der Waals surface area contributed by atoms with Crippen LogP contribution in [0.3, 0.4) is 0 Å². The number of rotatable bonds is 6. The van der Waals surface area contributed by atoms with Gasteiger partial charge in [-0.25, -0.2) is 9.97 Å². The highest BCUT2D eigenvalue weighted by molar-refractivity contribution is 6.32. The minimum Gasteiger partial charge on any atom is -0.393 e. The molecule has 1 heterocycles. The van der Waals surface area contributed by atoms with Crippen molar-refractivity contribution in [2.24, 2.45) is 0 Å². The summed E-state index contributed by atoms with van der Waals surface area (Å²) in [6, 6.07) is 0. The highest BCUT2D eigenvalue weighted by Gasteiger charge is 2.20. The predicted molar refractivity (Wildman–Crippen MR) is 67.1 cm³/mol. The molecule has 1 aromatic heterocycles. The van der Waals surface area contributed by atoms with Gasteiger partial charge in [0.15, 0.2) is 11.0 Å². The Labute approximate surface area is 105 Å². The van der Waals surface area contributed by atoms with E-state index >= 15 is 0 Å². The maximum Gasteiger partial charge on any atom is 0.157 e. The number of hydrogen-bond acceptors (Lipinski definition) is 6. The van der Waals surface area contributed by atoms with E-state index < -0.39 is 5.60 Å². The summed E-state index contributed by atoms with van der Waals surface area (Å²) in [5.41, 5.74) is 5.06. The standard InChI is InChI=1S/C10H17ClN4O2/c1-10(16,3-4-17-2)5-13-9-7(12)8(11)14-6-15-9/h6,16H,3-5,12H2,1-2H3,(H,13,14,15). The number of nitrogens with two attached hydrogens (primary N) is 1. The molecule has 96 valence electrons. The Morgan fingerprint density at radius 1 is 1.59 bits per heavy atom. The van der Waals surface area contributed by atoms with Gasteiger partial charge in [-0.1, -0.05) is 11.6 Å². The molecule has 1 rings (SSSR count). The summed E-state index contributed by atoms with van der Waals surface area (Å²) in [4.78, 5) is 7.69. The van der Waals surface area contributed by atoms with Crippen molar-refractivity contribution in [3.63, 3.8) is 0 Å². The van der Waals surface area contributed by atoms with E-state index in [2.05, 4.69) is 15.3 Å². The monoisotopic (exact) mass is 260 g/mol. The van der Waals surface area contributed by atoms with Gasteiger partial charge in [-0.15, -0.1) is 0 Å². The maximum atomic E-state index is 10.0. The largest absolute Gasteiger partial charge is 0.393 e. The summed E-state index contributed by atoms with van der Waals surface area (Å²) in [7, 11) is 1.59. The number of hydrogen-bond donors (Lipinski definition) is 3. The fourth-order valence-electron chi connectivity index (χ4n) is 1.20. The first kappa shape index (κ1) is 14.0. The molecule has 1 unspecified atom stereocenters. The smallest absolute Gasteiger partial charge is 0.157 e. The first-order chi connectivity index (χ1) is 7.96. The summed E-state index contributed by atoms with van der Waals surface area (Å²) in [5.74, 6) is 0.419. The lowest BCUT2D eigenvalue weighted by molar-refractivity contribution is 0.0357. The number of aromatic nitrogens is 2. The number of anilines is 2. The van der Waals surface area contributed by atoms with Crippen LogP contribution in [-0.4, -0.2) is 40.9 Å². The van der Waals surface area contributed by atoms with Crippen molar-refractivity contribution >= 4 is 23.1 Å². The van der Waals surface area contributed by atoms with Crippen LogP contribution in [0.1, 0.15) is 13.3 Å². The molecule has 17 heavy (non-hydrogen) atoms. The summed E-state index contributed by atoms with van der Waals surface area (Å²) in [5, 5.41) is 13.1. The maximum absolute atomic E-state index is 10.0. The van der Waals surface area contributed by atoms with Gasteiger partial charge in [-0.05, 0) is 6.92 Å². The number of methoxy groups -OCH3 is 1. The molecule has 0 radical (unpaired) electrons. The Balaban J connectivity index is 2.58. The number of nitrogens with one attached hydrogen (secondary N) is 1. The van der Waals surface area contributed by atoms with Crippen molar-refractivity contribution in [3.05, 3.63) is 11.5 Å². The first-order valence-electron chi connectivity index (χ1n) is 5.17. The van der Waals surface area contributed by atoms with Gasteiger partial charge in [0.2, 0.25) is 0 Å². The van der Waals surface area contributed by atoms with E-state index in [0.29, 0.717) is 25.4 Å². The lowest BCUT2D eigenvalue weighted by Crippen LogP contribution is -2.35. The van der Waals surface area contributed by atoms with Crippen molar-refractivity contribution in [2.45, 2.75) is 18.9 Å². The normalized spacial score (nSPS) is 14.4. The van der Waals surface area contributed by atoms with E-state index in [1.165, 1.54) is 6.33 Å². The zero-order valence-corrected chi connectivity index (χ0v) is 10.7. The molecule has 0 aliphatic heterocycles. The molecule has 0 bridgehead atoms. The Morgan fingerprint density at radius 2 is 2.29 bits per heavy atom. The van der Waals surface area contributed by atoms with Gasteiger partial charge in [-0.3, -0.25) is 0 Å². The number of nitrogen functional groups attached to an aromatic ring is 1. The quantitative estimate of drug-likeness (QED) is 0.659. The van der Waals surface area contributed by atoms with Gasteiger partial charge in [0.25, 0.3) is 0 Å². The van der Waals surface area contributed by atoms with Crippen LogP contribution in [0.4, 0.5) is 11.5 Å². The average Bonchev–Trinajstić information content (AvgIpc) is 2.29. The number of halogens is 1. The summed E-state index contributed by atoms with van der Waals surface area (Å²) >= 11 is 5.75. The van der Waals surface area contributed by atoms with Crippen molar-refractivity contribution in [2.75, 3.05) is 31.3 Å². The summed E-state index contributed by atoms with van der Waals surface area (Å²) < 4.78 is 4.91. The molecule has 6 nitrogen and oxygen atoms in total. The molecule has 0 spiro atoms. The topological polar surface area (TPSA) is 93.3 Å². The molecule has 0 aliphatic rings. The molecule has 4 N–H and O–H groups in total. The molecule has 0 aliphatic carbocycles. The molecule has 0 fully saturated rings. The molecule has 0 amide bonds. The minimum absolute atomic E-state index is 0.194. The third kappa shape index (κ3) is 4.33. The van der Waals surface area contributed by atoms with Gasteiger partial charge in [0, 0.05) is 26.7 Å². The van der Waals surface area contributed by atoms with Crippen LogP contribution in [0.15, 0.2) is 6.33 Å². The van der Waals surface area contributed by atoms with Gasteiger partial charge < -0.3 is 20.9 Å². The number of ether oxygens (including phenoxy) is 1. The van der Waals surface area contributed by atoms with E-state index in [1.54, 1.807) is 14.0 Å². The molecule has 1 aromatic rings. The Bertz CT molecular complexity index is 373. The van der Waals surface area contributed by atoms with Crippen LogP contribution < -0.4 is 11.1 Å². The predicted octanol–water partition coefficient (Wildman–Crippen LogP) is 0.912. The van der Waals surface area contributed by atoms with E-state index in [-0.39, 0.29) is 10.8 Å². The van der Waals surface area contributed by atoms with E-state index in [1.807, 2.05) is 0 Å². The van der Waals surface area contributed by atoms with Crippen LogP contribution in [-0.2, 0) is 4.74 Å². The first-order valence-corrected chi connectivity index (χ1v) is 5.55. The van der Waals surface area contributed by atoms with E-state index in [0.717, 1.165) is 0 Å². The van der Waals surface area contributed by atoms with Crippen LogP contribution >= 0.6 is 11.6 Å². The fourth-order valence-corrected chi connectivity index (χ4v) is 1.33. The summed E-state index contributed by atoms with van der Waals surface area (Å²) in [6.45, 7) is 2.49. The lowest BCUT2D eigenvalue weighted by Gasteiger charge is -2.23. The van der Waals surface area contributed by atoms with Crippen molar-refractivity contribution in [3.8, 4) is 0 Å². The third-order valence-electron chi connectivity index (χ3n) is 2.32. The Kier molecular flexibility index (Phi) is 4.92. The molecular weight excluding hydrogens is 244 g/mol. The van der Waals surface area contributed by atoms with Gasteiger partial charge in [-0.2, -0.15) is 0 Å². The van der Waals surface area contributed by atoms with Crippen molar-refractivity contribution < 1.29 is 9.84 Å². The van der Waals surface area contributed by atoms with Gasteiger partial charge >= 0.3 is 0 Å². The zero-order chi connectivity index (χ0) is 12.9. The SMILES string of the molecule is COCCC(C)(O)CNc1ncnc(Cl)c1N. The second-order valence-corrected chi connectivity index (χ2v) is 4.38. The summed E-state index contributed by atoms with van der Waals surface area (Å²) in [6.07, 6.45) is 1.82. The zero-order valence-electron chi connectivity index (χ0n) is 9.90. The number of aliphatic hydroxyl groups is 1.